The van der Waals surface area contributed by atoms with Gasteiger partial charge < -0.3 is 14.8 Å². The third-order valence-electron chi connectivity index (χ3n) is 3.35. The van der Waals surface area contributed by atoms with Crippen LogP contribution in [0.25, 0.3) is 0 Å². The van der Waals surface area contributed by atoms with Crippen LogP contribution >= 0.6 is 0 Å². The summed E-state index contributed by atoms with van der Waals surface area (Å²) >= 11 is 0. The lowest BCUT2D eigenvalue weighted by Gasteiger charge is -2.30. The van der Waals surface area contributed by atoms with Crippen LogP contribution in [0.3, 0.4) is 0 Å². The van der Waals surface area contributed by atoms with Crippen LogP contribution in [0.1, 0.15) is 53.9 Å². The highest BCUT2D eigenvalue weighted by Gasteiger charge is 2.20. The quantitative estimate of drug-likeness (QED) is 0.793. The van der Waals surface area contributed by atoms with Gasteiger partial charge in [0, 0.05) is 18.7 Å². The third kappa shape index (κ3) is 6.72. The van der Waals surface area contributed by atoms with E-state index in [0.717, 1.165) is 26.2 Å². The third-order valence-corrected chi connectivity index (χ3v) is 3.35. The molecule has 1 saturated heterocycles. The van der Waals surface area contributed by atoms with Gasteiger partial charge in [-0.3, -0.25) is 0 Å². The van der Waals surface area contributed by atoms with Crippen molar-refractivity contribution in [2.45, 2.75) is 71.6 Å². The average Bonchev–Trinajstić information content (AvgIpc) is 2.28. The van der Waals surface area contributed by atoms with E-state index in [1.54, 1.807) is 0 Å². The van der Waals surface area contributed by atoms with Crippen molar-refractivity contribution in [3.05, 3.63) is 0 Å². The Bertz CT molecular complexity index is 217. The van der Waals surface area contributed by atoms with Crippen molar-refractivity contribution in [3.8, 4) is 0 Å². The summed E-state index contributed by atoms with van der Waals surface area (Å²) < 4.78 is 11.8. The van der Waals surface area contributed by atoms with E-state index in [1.165, 1.54) is 12.8 Å². The Morgan fingerprint density at radius 1 is 1.28 bits per heavy atom. The second kappa shape index (κ2) is 7.46. The molecule has 3 heteroatoms. The molecule has 1 rings (SSSR count). The first-order valence-corrected chi connectivity index (χ1v) is 7.37. The summed E-state index contributed by atoms with van der Waals surface area (Å²) in [5.41, 5.74) is 0.151. The van der Waals surface area contributed by atoms with E-state index < -0.39 is 0 Å². The van der Waals surface area contributed by atoms with Crippen molar-refractivity contribution >= 4 is 0 Å². The molecule has 1 fully saturated rings. The summed E-state index contributed by atoms with van der Waals surface area (Å²) in [5, 5.41) is 3.53. The van der Waals surface area contributed by atoms with Crippen LogP contribution in [0.15, 0.2) is 0 Å². The van der Waals surface area contributed by atoms with Crippen molar-refractivity contribution < 1.29 is 9.47 Å². The molecule has 108 valence electrons. The Morgan fingerprint density at radius 3 is 2.50 bits per heavy atom. The summed E-state index contributed by atoms with van der Waals surface area (Å²) in [6.07, 6.45) is 4.22. The van der Waals surface area contributed by atoms with Crippen molar-refractivity contribution in [2.24, 2.45) is 5.92 Å². The Kier molecular flexibility index (Phi) is 6.61. The summed E-state index contributed by atoms with van der Waals surface area (Å²) in [6.45, 7) is 13.6. The molecule has 0 radical (unpaired) electrons. The molecule has 0 bridgehead atoms. The molecule has 0 aromatic rings. The standard InChI is InChI=1S/C15H31NO2/c1-12(2)14(10-16-15(3,4)5)18-11-13-8-6-7-9-17-13/h12-14,16H,6-11H2,1-5H3. The molecular weight excluding hydrogens is 226 g/mol. The van der Waals surface area contributed by atoms with Crippen molar-refractivity contribution in [1.29, 1.82) is 0 Å². The molecule has 1 aliphatic rings. The Labute approximate surface area is 113 Å². The Hall–Kier alpha value is -0.120. The molecule has 2 unspecified atom stereocenters. The topological polar surface area (TPSA) is 30.5 Å². The molecule has 0 amide bonds. The minimum atomic E-state index is 0.151. The predicted molar refractivity (Wildman–Crippen MR) is 75.9 cm³/mol. The highest BCUT2D eigenvalue weighted by molar-refractivity contribution is 4.75. The minimum Gasteiger partial charge on any atom is -0.376 e. The van der Waals surface area contributed by atoms with Crippen LogP contribution < -0.4 is 5.32 Å². The zero-order chi connectivity index (χ0) is 13.6. The SMILES string of the molecule is CC(C)C(CNC(C)(C)C)OCC1CCCCO1. The van der Waals surface area contributed by atoms with E-state index in [1.807, 2.05) is 0 Å². The molecular formula is C15H31NO2. The fraction of sp³-hybridized carbons (Fsp3) is 1.00. The van der Waals surface area contributed by atoms with Crippen LogP contribution in [0.5, 0.6) is 0 Å². The summed E-state index contributed by atoms with van der Waals surface area (Å²) in [4.78, 5) is 0. The lowest BCUT2D eigenvalue weighted by molar-refractivity contribution is -0.0730. The van der Waals surface area contributed by atoms with E-state index in [2.05, 4.69) is 39.9 Å². The zero-order valence-corrected chi connectivity index (χ0v) is 12.8. The number of hydrogen-bond acceptors (Lipinski definition) is 3. The van der Waals surface area contributed by atoms with Gasteiger partial charge in [0.25, 0.3) is 0 Å². The van der Waals surface area contributed by atoms with Gasteiger partial charge in [-0.25, -0.2) is 0 Å². The predicted octanol–water partition coefficient (Wildman–Crippen LogP) is 2.98. The molecule has 1 heterocycles. The fourth-order valence-electron chi connectivity index (χ4n) is 2.06. The molecule has 0 aromatic heterocycles. The first kappa shape index (κ1) is 15.9. The summed E-state index contributed by atoms with van der Waals surface area (Å²) in [6, 6.07) is 0. The van der Waals surface area contributed by atoms with Crippen LogP contribution in [0.2, 0.25) is 0 Å². The lowest BCUT2D eigenvalue weighted by atomic mass is 10.0. The summed E-state index contributed by atoms with van der Waals surface area (Å²) in [5.74, 6) is 0.531. The van der Waals surface area contributed by atoms with Gasteiger partial charge in [0.05, 0.1) is 18.8 Å². The number of ether oxygens (including phenoxy) is 2. The number of rotatable bonds is 6. The van der Waals surface area contributed by atoms with Crippen molar-refractivity contribution in [1.82, 2.24) is 5.32 Å². The van der Waals surface area contributed by atoms with Crippen molar-refractivity contribution in [2.75, 3.05) is 19.8 Å². The van der Waals surface area contributed by atoms with E-state index in [4.69, 9.17) is 9.47 Å². The first-order valence-electron chi connectivity index (χ1n) is 7.37. The maximum Gasteiger partial charge on any atom is 0.0808 e. The maximum absolute atomic E-state index is 6.05. The second-order valence-electron chi connectivity index (χ2n) is 6.74. The Balaban J connectivity index is 2.28. The number of hydrogen-bond donors (Lipinski definition) is 1. The zero-order valence-electron chi connectivity index (χ0n) is 12.8. The fourth-order valence-corrected chi connectivity index (χ4v) is 2.06. The van der Waals surface area contributed by atoms with Gasteiger partial charge in [0.15, 0.2) is 0 Å². The van der Waals surface area contributed by atoms with Crippen LogP contribution in [0.4, 0.5) is 0 Å². The first-order chi connectivity index (χ1) is 8.38. The van der Waals surface area contributed by atoms with Crippen LogP contribution in [-0.2, 0) is 9.47 Å². The molecule has 18 heavy (non-hydrogen) atoms. The van der Waals surface area contributed by atoms with Gasteiger partial charge in [0.1, 0.15) is 0 Å². The molecule has 1 aliphatic heterocycles. The lowest BCUT2D eigenvalue weighted by Crippen LogP contribution is -2.44. The molecule has 0 saturated carbocycles. The molecule has 3 nitrogen and oxygen atoms in total. The van der Waals surface area contributed by atoms with Gasteiger partial charge >= 0.3 is 0 Å². The van der Waals surface area contributed by atoms with Gasteiger partial charge in [0.2, 0.25) is 0 Å². The monoisotopic (exact) mass is 257 g/mol. The van der Waals surface area contributed by atoms with Gasteiger partial charge in [-0.15, -0.1) is 0 Å². The maximum atomic E-state index is 6.05. The van der Waals surface area contributed by atoms with Crippen LogP contribution in [-0.4, -0.2) is 37.5 Å². The molecule has 0 aromatic carbocycles. The van der Waals surface area contributed by atoms with E-state index >= 15 is 0 Å². The molecule has 2 atom stereocenters. The normalized spacial score (nSPS) is 23.3. The smallest absolute Gasteiger partial charge is 0.0808 e. The minimum absolute atomic E-state index is 0.151. The van der Waals surface area contributed by atoms with Gasteiger partial charge in [-0.05, 0) is 46.0 Å². The van der Waals surface area contributed by atoms with E-state index in [9.17, 15) is 0 Å². The largest absolute Gasteiger partial charge is 0.376 e. The van der Waals surface area contributed by atoms with Crippen LogP contribution in [0, 0.1) is 5.92 Å². The highest BCUT2D eigenvalue weighted by Crippen LogP contribution is 2.15. The molecule has 0 aliphatic carbocycles. The summed E-state index contributed by atoms with van der Waals surface area (Å²) in [7, 11) is 0. The van der Waals surface area contributed by atoms with Crippen molar-refractivity contribution in [3.63, 3.8) is 0 Å². The van der Waals surface area contributed by atoms with Gasteiger partial charge in [-0.1, -0.05) is 13.8 Å². The second-order valence-corrected chi connectivity index (χ2v) is 6.74. The Morgan fingerprint density at radius 2 is 2.00 bits per heavy atom. The average molecular weight is 257 g/mol. The molecule has 1 N–H and O–H groups in total. The number of nitrogens with one attached hydrogen (secondary N) is 1. The van der Waals surface area contributed by atoms with Gasteiger partial charge in [-0.2, -0.15) is 0 Å². The van der Waals surface area contributed by atoms with E-state index in [-0.39, 0.29) is 11.6 Å². The highest BCUT2D eigenvalue weighted by atomic mass is 16.5. The van der Waals surface area contributed by atoms with E-state index in [0.29, 0.717) is 12.0 Å². The molecule has 0 spiro atoms.